The van der Waals surface area contributed by atoms with Crippen molar-refractivity contribution in [3.8, 4) is 5.75 Å². The molecule has 0 aliphatic carbocycles. The summed E-state index contributed by atoms with van der Waals surface area (Å²) in [5.41, 5.74) is 5.20. The minimum absolute atomic E-state index is 0.761. The number of rotatable bonds is 4. The van der Waals surface area contributed by atoms with E-state index in [4.69, 9.17) is 4.74 Å². The van der Waals surface area contributed by atoms with Crippen molar-refractivity contribution < 1.29 is 4.74 Å². The molecule has 2 aromatic carbocycles. The van der Waals surface area contributed by atoms with Crippen molar-refractivity contribution in [1.82, 2.24) is 9.97 Å². The fraction of sp³-hybridized carbons (Fsp3) is 0.176. The second-order valence-corrected chi connectivity index (χ2v) is 4.92. The molecule has 4 heteroatoms. The maximum Gasteiger partial charge on any atom is 0.121 e. The minimum Gasteiger partial charge on any atom is -0.496 e. The van der Waals surface area contributed by atoms with E-state index < -0.39 is 0 Å². The van der Waals surface area contributed by atoms with Gasteiger partial charge < -0.3 is 10.1 Å². The first-order chi connectivity index (χ1) is 10.3. The summed E-state index contributed by atoms with van der Waals surface area (Å²) >= 11 is 0. The second-order valence-electron chi connectivity index (χ2n) is 4.92. The molecule has 0 atom stereocenters. The molecule has 21 heavy (non-hydrogen) atoms. The third-order valence-corrected chi connectivity index (χ3v) is 3.43. The van der Waals surface area contributed by atoms with Crippen LogP contribution in [0.1, 0.15) is 11.1 Å². The Hall–Kier alpha value is -2.62. The van der Waals surface area contributed by atoms with Gasteiger partial charge in [-0.2, -0.15) is 0 Å². The molecule has 0 unspecified atom stereocenters. The summed E-state index contributed by atoms with van der Waals surface area (Å²) in [6.07, 6.45) is 3.41. The first-order valence-corrected chi connectivity index (χ1v) is 6.84. The molecule has 0 radical (unpaired) electrons. The van der Waals surface area contributed by atoms with Crippen LogP contribution in [0.2, 0.25) is 0 Å². The highest BCUT2D eigenvalue weighted by atomic mass is 16.5. The molecule has 0 aliphatic rings. The van der Waals surface area contributed by atoms with E-state index in [1.54, 1.807) is 19.5 Å². The van der Waals surface area contributed by atoms with Crippen LogP contribution in [-0.2, 0) is 6.54 Å². The highest BCUT2D eigenvalue weighted by Crippen LogP contribution is 2.20. The van der Waals surface area contributed by atoms with E-state index in [0.29, 0.717) is 0 Å². The van der Waals surface area contributed by atoms with Gasteiger partial charge in [0.05, 0.1) is 18.1 Å². The van der Waals surface area contributed by atoms with Crippen LogP contribution >= 0.6 is 0 Å². The normalized spacial score (nSPS) is 10.6. The van der Waals surface area contributed by atoms with Gasteiger partial charge in [0.2, 0.25) is 0 Å². The summed E-state index contributed by atoms with van der Waals surface area (Å²) in [5, 5.41) is 3.41. The Morgan fingerprint density at radius 2 is 1.81 bits per heavy atom. The van der Waals surface area contributed by atoms with Crippen molar-refractivity contribution in [2.75, 3.05) is 12.4 Å². The number of aromatic nitrogens is 2. The summed E-state index contributed by atoms with van der Waals surface area (Å²) in [7, 11) is 1.69. The molecule has 3 aromatic rings. The van der Waals surface area contributed by atoms with Gasteiger partial charge in [0.1, 0.15) is 5.75 Å². The summed E-state index contributed by atoms with van der Waals surface area (Å²) in [5.74, 6) is 0.916. The Morgan fingerprint density at radius 1 is 1.00 bits per heavy atom. The minimum atomic E-state index is 0.761. The maximum absolute atomic E-state index is 5.28. The fourth-order valence-electron chi connectivity index (χ4n) is 2.33. The van der Waals surface area contributed by atoms with E-state index >= 15 is 0 Å². The molecule has 0 spiro atoms. The Bertz CT molecular complexity index is 771. The number of methoxy groups -OCH3 is 1. The van der Waals surface area contributed by atoms with Crippen LogP contribution in [0.25, 0.3) is 11.0 Å². The standard InChI is InChI=1S/C17H17N3O/c1-12-9-13(3-6-17(12)21-2)11-20-14-4-5-15-16(10-14)19-8-7-18-15/h3-10,20H,11H2,1-2H3. The van der Waals surface area contributed by atoms with Crippen LogP contribution < -0.4 is 10.1 Å². The third kappa shape index (κ3) is 2.94. The van der Waals surface area contributed by atoms with Crippen LogP contribution in [0.5, 0.6) is 5.75 Å². The van der Waals surface area contributed by atoms with Crippen LogP contribution in [0.4, 0.5) is 5.69 Å². The van der Waals surface area contributed by atoms with Gasteiger partial charge in [-0.3, -0.25) is 9.97 Å². The molecule has 0 saturated heterocycles. The molecule has 4 nitrogen and oxygen atoms in total. The first-order valence-electron chi connectivity index (χ1n) is 6.84. The van der Waals surface area contributed by atoms with E-state index in [1.807, 2.05) is 31.2 Å². The van der Waals surface area contributed by atoms with Crippen LogP contribution in [0.3, 0.4) is 0 Å². The quantitative estimate of drug-likeness (QED) is 0.793. The van der Waals surface area contributed by atoms with Crippen molar-refractivity contribution in [3.63, 3.8) is 0 Å². The van der Waals surface area contributed by atoms with E-state index in [9.17, 15) is 0 Å². The Morgan fingerprint density at radius 3 is 2.57 bits per heavy atom. The third-order valence-electron chi connectivity index (χ3n) is 3.43. The molecule has 0 amide bonds. The lowest BCUT2D eigenvalue weighted by atomic mass is 10.1. The highest BCUT2D eigenvalue weighted by molar-refractivity contribution is 5.78. The molecule has 106 valence electrons. The number of benzene rings is 2. The van der Waals surface area contributed by atoms with Gasteiger partial charge in [-0.1, -0.05) is 12.1 Å². The summed E-state index contributed by atoms with van der Waals surface area (Å²) in [6.45, 7) is 2.81. The lowest BCUT2D eigenvalue weighted by Crippen LogP contribution is -2.00. The highest BCUT2D eigenvalue weighted by Gasteiger charge is 2.01. The summed E-state index contributed by atoms with van der Waals surface area (Å²) in [4.78, 5) is 8.58. The molecule has 0 fully saturated rings. The second kappa shape index (κ2) is 5.79. The topological polar surface area (TPSA) is 47.0 Å². The van der Waals surface area contributed by atoms with Gasteiger partial charge in [0.25, 0.3) is 0 Å². The molecule has 0 saturated carbocycles. The summed E-state index contributed by atoms with van der Waals surface area (Å²) in [6, 6.07) is 12.2. The molecule has 0 bridgehead atoms. The molecular formula is C17H17N3O. The van der Waals surface area contributed by atoms with Crippen LogP contribution in [0.15, 0.2) is 48.8 Å². The number of aryl methyl sites for hydroxylation is 1. The predicted molar refractivity (Wildman–Crippen MR) is 84.6 cm³/mol. The number of nitrogens with one attached hydrogen (secondary N) is 1. The van der Waals surface area contributed by atoms with Gasteiger partial charge in [-0.25, -0.2) is 0 Å². The summed E-state index contributed by atoms with van der Waals surface area (Å²) < 4.78 is 5.28. The average Bonchev–Trinajstić information content (AvgIpc) is 2.53. The van der Waals surface area contributed by atoms with Gasteiger partial charge in [-0.05, 0) is 42.3 Å². The van der Waals surface area contributed by atoms with E-state index in [2.05, 4.69) is 27.4 Å². The largest absolute Gasteiger partial charge is 0.496 e. The molecule has 0 aliphatic heterocycles. The molecule has 1 heterocycles. The number of anilines is 1. The monoisotopic (exact) mass is 279 g/mol. The SMILES string of the molecule is COc1ccc(CNc2ccc3nccnc3c2)cc1C. The smallest absolute Gasteiger partial charge is 0.121 e. The van der Waals surface area contributed by atoms with Crippen molar-refractivity contribution in [2.24, 2.45) is 0 Å². The number of ether oxygens (including phenoxy) is 1. The van der Waals surface area contributed by atoms with Crippen molar-refractivity contribution in [3.05, 3.63) is 59.9 Å². The first kappa shape index (κ1) is 13.4. The van der Waals surface area contributed by atoms with Gasteiger partial charge in [0.15, 0.2) is 0 Å². The van der Waals surface area contributed by atoms with Crippen LogP contribution in [0, 0.1) is 6.92 Å². The zero-order chi connectivity index (χ0) is 14.7. The number of fused-ring (bicyclic) bond motifs is 1. The van der Waals surface area contributed by atoms with Gasteiger partial charge in [0, 0.05) is 24.6 Å². The Labute approximate surface area is 123 Å². The van der Waals surface area contributed by atoms with Crippen molar-refractivity contribution in [1.29, 1.82) is 0 Å². The lowest BCUT2D eigenvalue weighted by Gasteiger charge is -2.10. The molecule has 1 aromatic heterocycles. The number of hydrogen-bond acceptors (Lipinski definition) is 4. The van der Waals surface area contributed by atoms with E-state index in [1.165, 1.54) is 5.56 Å². The molecular weight excluding hydrogens is 262 g/mol. The van der Waals surface area contributed by atoms with Gasteiger partial charge in [-0.15, -0.1) is 0 Å². The maximum atomic E-state index is 5.28. The number of nitrogens with zero attached hydrogens (tertiary/aromatic N) is 2. The van der Waals surface area contributed by atoms with Crippen molar-refractivity contribution in [2.45, 2.75) is 13.5 Å². The Balaban J connectivity index is 1.75. The fourth-order valence-corrected chi connectivity index (χ4v) is 2.33. The van der Waals surface area contributed by atoms with Crippen molar-refractivity contribution >= 4 is 16.7 Å². The van der Waals surface area contributed by atoms with E-state index in [-0.39, 0.29) is 0 Å². The lowest BCUT2D eigenvalue weighted by molar-refractivity contribution is 0.411. The van der Waals surface area contributed by atoms with Gasteiger partial charge >= 0.3 is 0 Å². The van der Waals surface area contributed by atoms with Crippen LogP contribution in [-0.4, -0.2) is 17.1 Å². The zero-order valence-electron chi connectivity index (χ0n) is 12.1. The number of hydrogen-bond donors (Lipinski definition) is 1. The molecule has 1 N–H and O–H groups in total. The Kier molecular flexibility index (Phi) is 3.69. The molecule has 3 rings (SSSR count). The van der Waals surface area contributed by atoms with E-state index in [0.717, 1.165) is 34.6 Å². The zero-order valence-corrected chi connectivity index (χ0v) is 12.1. The average molecular weight is 279 g/mol. The predicted octanol–water partition coefficient (Wildman–Crippen LogP) is 3.56.